The summed E-state index contributed by atoms with van der Waals surface area (Å²) < 4.78 is 16.1. The predicted molar refractivity (Wildman–Crippen MR) is 83.9 cm³/mol. The van der Waals surface area contributed by atoms with Crippen molar-refractivity contribution in [2.75, 3.05) is 19.8 Å². The molecule has 0 aliphatic carbocycles. The first-order chi connectivity index (χ1) is 11.7. The minimum Gasteiger partial charge on any atom is -1.00 e. The number of esters is 1. The monoisotopic (exact) mass is 363 g/mol. The molecule has 1 aliphatic rings. The molecule has 1 N–H and O–H groups in total. The third kappa shape index (κ3) is 4.84. The Morgan fingerprint density at radius 3 is 2.76 bits per heavy atom. The van der Waals surface area contributed by atoms with Crippen molar-refractivity contribution >= 4 is 11.9 Å². The van der Waals surface area contributed by atoms with Crippen LogP contribution in [0, 0.1) is 0 Å². The number of amides is 1. The molecular weight excluding hydrogens is 348 g/mol. The van der Waals surface area contributed by atoms with Crippen molar-refractivity contribution in [3.63, 3.8) is 0 Å². The maximum Gasteiger partial charge on any atom is 0.351 e. The number of nitrogens with zero attached hydrogens (tertiary/aromatic N) is 1. The van der Waals surface area contributed by atoms with Crippen molar-refractivity contribution in [2.24, 2.45) is 0 Å². The van der Waals surface area contributed by atoms with Crippen molar-refractivity contribution in [2.45, 2.75) is 6.10 Å². The number of para-hydroxylation sites is 2. The second-order valence-corrected chi connectivity index (χ2v) is 5.03. The number of rotatable bonds is 5. The lowest BCUT2D eigenvalue weighted by molar-refractivity contribution is -0.154. The van der Waals surface area contributed by atoms with Gasteiger partial charge in [0.25, 0.3) is 5.91 Å². The lowest BCUT2D eigenvalue weighted by Crippen LogP contribution is -3.00. The van der Waals surface area contributed by atoms with Crippen molar-refractivity contribution < 1.29 is 36.2 Å². The lowest BCUT2D eigenvalue weighted by atomic mass is 10.2. The van der Waals surface area contributed by atoms with Crippen molar-refractivity contribution in [1.29, 1.82) is 0 Å². The van der Waals surface area contributed by atoms with Crippen LogP contribution in [0.3, 0.4) is 0 Å². The third-order valence-corrected chi connectivity index (χ3v) is 3.33. The van der Waals surface area contributed by atoms with E-state index >= 15 is 0 Å². The van der Waals surface area contributed by atoms with Crippen molar-refractivity contribution in [1.82, 2.24) is 10.3 Å². The largest absolute Gasteiger partial charge is 1.00 e. The van der Waals surface area contributed by atoms with Crippen LogP contribution in [0.15, 0.2) is 48.8 Å². The maximum absolute atomic E-state index is 12.0. The fourth-order valence-electron chi connectivity index (χ4n) is 2.14. The molecule has 0 spiro atoms. The molecule has 2 heterocycles. The van der Waals surface area contributed by atoms with Gasteiger partial charge in [-0.15, -0.1) is 0 Å². The van der Waals surface area contributed by atoms with Crippen molar-refractivity contribution in [3.05, 3.63) is 54.4 Å². The molecule has 25 heavy (non-hydrogen) atoms. The van der Waals surface area contributed by atoms with E-state index in [1.165, 1.54) is 6.20 Å². The Morgan fingerprint density at radius 1 is 1.20 bits per heavy atom. The molecule has 0 saturated heterocycles. The number of hydrogen-bond acceptors (Lipinski definition) is 6. The normalized spacial score (nSPS) is 14.8. The number of pyridine rings is 1. The van der Waals surface area contributed by atoms with E-state index in [4.69, 9.17) is 14.2 Å². The van der Waals surface area contributed by atoms with Gasteiger partial charge in [-0.1, -0.05) is 12.1 Å². The molecule has 8 heteroatoms. The fraction of sp³-hybridized carbons (Fsp3) is 0.235. The smallest absolute Gasteiger partial charge is 0.351 e. The number of halogens is 1. The zero-order valence-corrected chi connectivity index (χ0v) is 13.9. The summed E-state index contributed by atoms with van der Waals surface area (Å²) in [5.74, 6) is 0.311. The summed E-state index contributed by atoms with van der Waals surface area (Å²) >= 11 is 0. The summed E-state index contributed by atoms with van der Waals surface area (Å²) in [7, 11) is 0. The minimum atomic E-state index is -0.811. The van der Waals surface area contributed by atoms with Gasteiger partial charge in [-0.25, -0.2) is 4.79 Å². The lowest BCUT2D eigenvalue weighted by Gasteiger charge is -2.24. The summed E-state index contributed by atoms with van der Waals surface area (Å²) in [5, 5.41) is 2.64. The highest BCUT2D eigenvalue weighted by Gasteiger charge is 2.28. The summed E-state index contributed by atoms with van der Waals surface area (Å²) in [6.45, 7) is 0.341. The highest BCUT2D eigenvalue weighted by molar-refractivity contribution is 5.93. The van der Waals surface area contributed by atoms with Crippen LogP contribution in [0.4, 0.5) is 0 Å². The van der Waals surface area contributed by atoms with E-state index in [2.05, 4.69) is 10.3 Å². The van der Waals surface area contributed by atoms with Gasteiger partial charge in [0.2, 0.25) is 6.10 Å². The number of carbonyl (C=O) groups excluding carboxylic acids is 2. The summed E-state index contributed by atoms with van der Waals surface area (Å²) in [4.78, 5) is 27.6. The van der Waals surface area contributed by atoms with Gasteiger partial charge in [-0.2, -0.15) is 0 Å². The van der Waals surface area contributed by atoms with E-state index in [-0.39, 0.29) is 38.1 Å². The molecule has 1 aromatic carbocycles. The first-order valence-electron chi connectivity index (χ1n) is 7.47. The third-order valence-electron chi connectivity index (χ3n) is 3.33. The number of carbonyl (C=O) groups is 2. The van der Waals surface area contributed by atoms with Crippen LogP contribution >= 0.6 is 0 Å². The molecule has 3 rings (SSSR count). The van der Waals surface area contributed by atoms with E-state index in [9.17, 15) is 9.59 Å². The summed E-state index contributed by atoms with van der Waals surface area (Å²) in [5.41, 5.74) is 0.449. The number of fused-ring (bicyclic) bond motifs is 1. The Balaban J connectivity index is 0.00000225. The Hall–Kier alpha value is -2.80. The maximum atomic E-state index is 12.0. The average molecular weight is 364 g/mol. The van der Waals surface area contributed by atoms with E-state index in [0.717, 1.165) is 0 Å². The quantitative estimate of drug-likeness (QED) is 0.498. The Kier molecular flexibility index (Phi) is 6.59. The molecule has 1 aromatic heterocycles. The van der Waals surface area contributed by atoms with Crippen LogP contribution < -0.4 is 27.2 Å². The van der Waals surface area contributed by atoms with Gasteiger partial charge in [0.15, 0.2) is 11.5 Å². The standard InChI is InChI=1S/C17H16N2O5.ClH/c20-16(12-4-3-7-18-10-12)19-8-9-22-17(21)15-11-23-13-5-1-2-6-14(13)24-15;/h1-7,10,15H,8-9,11H2,(H,19,20);1H/p-1. The molecule has 7 nitrogen and oxygen atoms in total. The summed E-state index contributed by atoms with van der Waals surface area (Å²) in [6.07, 6.45) is 2.24. The van der Waals surface area contributed by atoms with Gasteiger partial charge >= 0.3 is 5.97 Å². The SMILES string of the molecule is O=C(NCCOC(=O)C1COc2ccccc2O1)c1cccnc1.[Cl-]. The predicted octanol–water partition coefficient (Wildman–Crippen LogP) is -1.80. The number of hydrogen-bond donors (Lipinski definition) is 1. The first kappa shape index (κ1) is 18.5. The van der Waals surface area contributed by atoms with E-state index in [0.29, 0.717) is 17.1 Å². The van der Waals surface area contributed by atoms with Gasteiger partial charge in [0.05, 0.1) is 12.1 Å². The molecular formula is C17H16ClN2O5-. The van der Waals surface area contributed by atoms with Gasteiger partial charge in [0, 0.05) is 12.4 Å². The molecule has 0 radical (unpaired) electrons. The number of aromatic nitrogens is 1. The van der Waals surface area contributed by atoms with Gasteiger partial charge in [-0.3, -0.25) is 9.78 Å². The highest BCUT2D eigenvalue weighted by atomic mass is 35.5. The minimum absolute atomic E-state index is 0. The van der Waals surface area contributed by atoms with Crippen LogP contribution in [0.25, 0.3) is 0 Å². The molecule has 2 aromatic rings. The zero-order chi connectivity index (χ0) is 16.8. The topological polar surface area (TPSA) is 86.8 Å². The van der Waals surface area contributed by atoms with E-state index < -0.39 is 12.1 Å². The number of benzene rings is 1. The van der Waals surface area contributed by atoms with Crippen LogP contribution in [0.2, 0.25) is 0 Å². The Bertz CT molecular complexity index is 726. The molecule has 0 fully saturated rings. The molecule has 1 aliphatic heterocycles. The Morgan fingerprint density at radius 2 is 2.00 bits per heavy atom. The van der Waals surface area contributed by atoms with Gasteiger partial charge < -0.3 is 31.9 Å². The summed E-state index contributed by atoms with van der Waals surface area (Å²) in [6, 6.07) is 10.4. The van der Waals surface area contributed by atoms with Crippen LogP contribution in [-0.2, 0) is 9.53 Å². The number of ether oxygens (including phenoxy) is 3. The average Bonchev–Trinajstić information content (AvgIpc) is 2.65. The van der Waals surface area contributed by atoms with E-state index in [1.54, 1.807) is 36.5 Å². The second kappa shape index (κ2) is 8.89. The van der Waals surface area contributed by atoms with Crippen LogP contribution in [0.5, 0.6) is 11.5 Å². The van der Waals surface area contributed by atoms with Crippen molar-refractivity contribution in [3.8, 4) is 11.5 Å². The molecule has 1 unspecified atom stereocenters. The number of nitrogens with one attached hydrogen (secondary N) is 1. The zero-order valence-electron chi connectivity index (χ0n) is 13.2. The highest BCUT2D eigenvalue weighted by Crippen LogP contribution is 2.31. The first-order valence-corrected chi connectivity index (χ1v) is 7.47. The Labute approximate surface area is 150 Å². The van der Waals surface area contributed by atoms with E-state index in [1.807, 2.05) is 6.07 Å². The molecule has 0 bridgehead atoms. The molecule has 132 valence electrons. The fourth-order valence-corrected chi connectivity index (χ4v) is 2.14. The van der Waals surface area contributed by atoms with Gasteiger partial charge in [0.1, 0.15) is 13.2 Å². The van der Waals surface area contributed by atoms with Crippen LogP contribution in [0.1, 0.15) is 10.4 Å². The van der Waals surface area contributed by atoms with Crippen LogP contribution in [-0.4, -0.2) is 42.7 Å². The molecule has 1 amide bonds. The second-order valence-electron chi connectivity index (χ2n) is 5.03. The molecule has 1 atom stereocenters. The molecule has 0 saturated carbocycles. The van der Waals surface area contributed by atoms with Gasteiger partial charge in [-0.05, 0) is 24.3 Å².